The van der Waals surface area contributed by atoms with Gasteiger partial charge in [0.1, 0.15) is 0 Å². The molecular formula is C40H30Cl2Hf. The summed E-state index contributed by atoms with van der Waals surface area (Å²) in [5, 5.41) is 5.34. The largest absolute Gasteiger partial charge is 1.00 e. The number of hydrogen-bond donors (Lipinski definition) is 0. The van der Waals surface area contributed by atoms with Crippen LogP contribution in [0.15, 0.2) is 145 Å². The van der Waals surface area contributed by atoms with Crippen LogP contribution in [0.25, 0.3) is 32.7 Å². The van der Waals surface area contributed by atoms with Crippen molar-refractivity contribution in [2.75, 3.05) is 0 Å². The van der Waals surface area contributed by atoms with Gasteiger partial charge in [-0.25, -0.2) is 0 Å². The van der Waals surface area contributed by atoms with Crippen molar-refractivity contribution < 1.29 is 47.7 Å². The average molecular weight is 760 g/mol. The normalized spacial score (nSPS) is 16.9. The first-order valence-corrected chi connectivity index (χ1v) is 18.7. The van der Waals surface area contributed by atoms with Crippen LogP contribution in [0.4, 0.5) is 0 Å². The molecule has 3 heteroatoms. The quantitative estimate of drug-likeness (QED) is 0.232. The van der Waals surface area contributed by atoms with Gasteiger partial charge < -0.3 is 24.8 Å². The fourth-order valence-electron chi connectivity index (χ4n) is 7.33. The van der Waals surface area contributed by atoms with E-state index in [-0.39, 0.29) is 24.8 Å². The Morgan fingerprint density at radius 3 is 1.21 bits per heavy atom. The Kier molecular flexibility index (Phi) is 8.35. The number of rotatable bonds is 4. The molecule has 0 radical (unpaired) electrons. The van der Waals surface area contributed by atoms with Gasteiger partial charge in [-0.2, -0.15) is 0 Å². The maximum absolute atomic E-state index is 2.43. The molecule has 8 rings (SSSR count). The zero-order valence-electron chi connectivity index (χ0n) is 24.1. The minimum absolute atomic E-state index is 0. The van der Waals surface area contributed by atoms with Crippen molar-refractivity contribution in [1.82, 2.24) is 0 Å². The molecule has 0 nitrogen and oxygen atoms in total. The van der Waals surface area contributed by atoms with E-state index >= 15 is 0 Å². The molecule has 0 saturated heterocycles. The summed E-state index contributed by atoms with van der Waals surface area (Å²) in [5.41, 5.74) is 14.9. The molecule has 2 aliphatic rings. The monoisotopic (exact) mass is 760 g/mol. The molecule has 0 fully saturated rings. The number of halogens is 2. The van der Waals surface area contributed by atoms with E-state index in [0.717, 1.165) is 0 Å². The minimum Gasteiger partial charge on any atom is -1.00 e. The van der Waals surface area contributed by atoms with Gasteiger partial charge >= 0.3 is 255 Å². The number of allylic oxidation sites excluding steroid dienone is 2. The second-order valence-corrected chi connectivity index (χ2v) is 16.7. The molecule has 6 aromatic rings. The second-order valence-electron chi connectivity index (χ2n) is 11.4. The molecule has 6 aromatic carbocycles. The molecule has 0 amide bonds. The zero-order chi connectivity index (χ0) is 27.5. The third-order valence-electron chi connectivity index (χ3n) is 9.19. The van der Waals surface area contributed by atoms with Gasteiger partial charge in [0.05, 0.1) is 0 Å². The van der Waals surface area contributed by atoms with Crippen LogP contribution in [0.3, 0.4) is 0 Å². The van der Waals surface area contributed by atoms with Crippen LogP contribution in [-0.4, -0.2) is 0 Å². The topological polar surface area (TPSA) is 0 Å². The van der Waals surface area contributed by atoms with Crippen LogP contribution < -0.4 is 24.8 Å². The summed E-state index contributed by atoms with van der Waals surface area (Å²) in [6.45, 7) is 4.86. The Morgan fingerprint density at radius 1 is 0.395 bits per heavy atom. The van der Waals surface area contributed by atoms with Crippen LogP contribution in [0, 0.1) is 0 Å². The van der Waals surface area contributed by atoms with Gasteiger partial charge in [-0.3, -0.25) is 0 Å². The molecule has 0 bridgehead atoms. The maximum atomic E-state index is 2.43. The Bertz CT molecular complexity index is 1910. The molecule has 2 atom stereocenters. The van der Waals surface area contributed by atoms with E-state index in [4.69, 9.17) is 0 Å². The fraction of sp³-hybridized carbons (Fsp3) is 0.100. The maximum Gasteiger partial charge on any atom is -1.00 e. The molecule has 0 aromatic heterocycles. The summed E-state index contributed by atoms with van der Waals surface area (Å²) in [7, 11) is 0. The first kappa shape index (κ1) is 29.8. The fourth-order valence-corrected chi connectivity index (χ4v) is 14.5. The third kappa shape index (κ3) is 4.78. The molecule has 2 unspecified atom stereocenters. The van der Waals surface area contributed by atoms with Crippen molar-refractivity contribution in [2.24, 2.45) is 0 Å². The van der Waals surface area contributed by atoms with Gasteiger partial charge in [0.25, 0.3) is 0 Å². The molecule has 2 aliphatic carbocycles. The van der Waals surface area contributed by atoms with E-state index in [1.165, 1.54) is 54.9 Å². The molecule has 0 spiro atoms. The molecule has 0 saturated carbocycles. The van der Waals surface area contributed by atoms with Gasteiger partial charge in [0, 0.05) is 0 Å². The standard InChI is InChI=1S/2C20H15.2ClH.Hf/c2*1-14-13-16-8-3-5-11-18(16)20(14)19-12-6-9-15-7-2-4-10-17(15)19;;;/h2*2-13H,1H3;2*1H;/q;;;;+2/p-2. The van der Waals surface area contributed by atoms with Crippen molar-refractivity contribution in [3.8, 4) is 0 Å². The van der Waals surface area contributed by atoms with E-state index in [9.17, 15) is 0 Å². The van der Waals surface area contributed by atoms with E-state index < -0.39 is 22.9 Å². The Balaban J connectivity index is 0.00000165. The van der Waals surface area contributed by atoms with Gasteiger partial charge in [-0.15, -0.1) is 0 Å². The summed E-state index contributed by atoms with van der Waals surface area (Å²) in [6.07, 6.45) is 0. The van der Waals surface area contributed by atoms with Crippen LogP contribution in [0.1, 0.15) is 54.6 Å². The first-order chi connectivity index (χ1) is 20.2. The van der Waals surface area contributed by atoms with Gasteiger partial charge in [-0.05, 0) is 0 Å². The minimum atomic E-state index is -1.33. The Labute approximate surface area is 277 Å². The zero-order valence-corrected chi connectivity index (χ0v) is 29.2. The first-order valence-electron chi connectivity index (χ1n) is 14.5. The van der Waals surface area contributed by atoms with Crippen LogP contribution in [0.2, 0.25) is 0 Å². The van der Waals surface area contributed by atoms with E-state index in [0.29, 0.717) is 7.35 Å². The number of benzene rings is 6. The molecule has 208 valence electrons. The summed E-state index contributed by atoms with van der Waals surface area (Å²) in [5.74, 6) is 0. The van der Waals surface area contributed by atoms with Gasteiger partial charge in [0.2, 0.25) is 0 Å². The molecule has 43 heavy (non-hydrogen) atoms. The van der Waals surface area contributed by atoms with E-state index in [2.05, 4.69) is 147 Å². The molecule has 0 aliphatic heterocycles. The Hall–Kier alpha value is -3.23. The van der Waals surface area contributed by atoms with Gasteiger partial charge in [0.15, 0.2) is 0 Å². The predicted molar refractivity (Wildman–Crippen MR) is 170 cm³/mol. The van der Waals surface area contributed by atoms with Crippen LogP contribution in [-0.2, 0) is 22.9 Å². The smallest absolute Gasteiger partial charge is 1.00 e. The van der Waals surface area contributed by atoms with E-state index in [1.807, 2.05) is 0 Å². The van der Waals surface area contributed by atoms with Crippen molar-refractivity contribution in [3.05, 3.63) is 178 Å². The van der Waals surface area contributed by atoms with Crippen molar-refractivity contribution in [1.29, 1.82) is 0 Å². The second kappa shape index (κ2) is 12.0. The van der Waals surface area contributed by atoms with Crippen molar-refractivity contribution >= 4 is 32.7 Å². The average Bonchev–Trinajstić information content (AvgIpc) is 3.46. The molecule has 0 N–H and O–H groups in total. The number of fused-ring (bicyclic) bond motifs is 4. The van der Waals surface area contributed by atoms with Gasteiger partial charge in [-0.1, -0.05) is 0 Å². The van der Waals surface area contributed by atoms with Crippen molar-refractivity contribution in [3.63, 3.8) is 0 Å². The third-order valence-corrected chi connectivity index (χ3v) is 16.9. The van der Waals surface area contributed by atoms with E-state index in [1.54, 1.807) is 22.3 Å². The van der Waals surface area contributed by atoms with Crippen LogP contribution in [0.5, 0.6) is 0 Å². The Morgan fingerprint density at radius 2 is 0.744 bits per heavy atom. The molecule has 0 heterocycles. The summed E-state index contributed by atoms with van der Waals surface area (Å²) in [6, 6.07) is 49.8. The SMILES string of the molecule is CC1=C(c2cccc3ccccc23)c2ccccc2[CH]1[Hf+2][CH]1C(C)=C(c2cccc3ccccc23)c2ccccc21.[Cl-].[Cl-]. The molecular weight excluding hydrogens is 730 g/mol. The summed E-state index contributed by atoms with van der Waals surface area (Å²) < 4.78 is 1.14. The number of hydrogen-bond acceptors (Lipinski definition) is 0. The summed E-state index contributed by atoms with van der Waals surface area (Å²) >= 11 is -1.33. The van der Waals surface area contributed by atoms with Crippen LogP contribution >= 0.6 is 0 Å². The summed E-state index contributed by atoms with van der Waals surface area (Å²) in [4.78, 5) is 0. The predicted octanol–water partition coefficient (Wildman–Crippen LogP) is 4.54. The van der Waals surface area contributed by atoms with Crippen molar-refractivity contribution in [2.45, 2.75) is 21.2 Å².